The molecule has 0 radical (unpaired) electrons. The fourth-order valence-electron chi connectivity index (χ4n) is 2.53. The van der Waals surface area contributed by atoms with Gasteiger partial charge in [0.15, 0.2) is 0 Å². The van der Waals surface area contributed by atoms with Crippen molar-refractivity contribution in [2.75, 3.05) is 0 Å². The standard InChI is InChI=1S/C18H12BrF3O4/c19-13-7-10(4-6-14(13)26-18(20,21)22)1-2-11-3-5-12-9-16(17(23)24)25-15(12)8-11/h3-9H,1-2H2,(H,23,24). The molecule has 0 saturated carbocycles. The van der Waals surface area contributed by atoms with E-state index < -0.39 is 12.3 Å². The molecule has 3 rings (SSSR count). The first kappa shape index (κ1) is 18.3. The van der Waals surface area contributed by atoms with Gasteiger partial charge >= 0.3 is 12.3 Å². The van der Waals surface area contributed by atoms with E-state index in [1.807, 2.05) is 6.07 Å². The fraction of sp³-hybridized carbons (Fsp3) is 0.167. The summed E-state index contributed by atoms with van der Waals surface area (Å²) in [4.78, 5) is 10.9. The number of aryl methyl sites for hydroxylation is 2. The number of carbonyl (C=O) groups is 1. The van der Waals surface area contributed by atoms with E-state index in [0.717, 1.165) is 11.1 Å². The molecule has 1 heterocycles. The fourth-order valence-corrected chi connectivity index (χ4v) is 3.04. The average molecular weight is 429 g/mol. The van der Waals surface area contributed by atoms with Gasteiger partial charge in [-0.3, -0.25) is 0 Å². The molecule has 0 saturated heterocycles. The van der Waals surface area contributed by atoms with Crippen LogP contribution in [0.25, 0.3) is 11.0 Å². The average Bonchev–Trinajstić information content (AvgIpc) is 2.97. The molecule has 0 fully saturated rings. The van der Waals surface area contributed by atoms with Gasteiger partial charge < -0.3 is 14.3 Å². The zero-order valence-corrected chi connectivity index (χ0v) is 14.7. The molecule has 0 amide bonds. The van der Waals surface area contributed by atoms with Gasteiger partial charge in [-0.25, -0.2) is 4.79 Å². The quantitative estimate of drug-likeness (QED) is 0.576. The van der Waals surface area contributed by atoms with E-state index in [2.05, 4.69) is 20.7 Å². The molecule has 0 unspecified atom stereocenters. The third kappa shape index (κ3) is 4.37. The summed E-state index contributed by atoms with van der Waals surface area (Å²) in [6.45, 7) is 0. The van der Waals surface area contributed by atoms with Crippen LogP contribution in [0.5, 0.6) is 5.75 Å². The Morgan fingerprint density at radius 1 is 1.08 bits per heavy atom. The van der Waals surface area contributed by atoms with Crippen LogP contribution in [0.15, 0.2) is 51.4 Å². The van der Waals surface area contributed by atoms with E-state index in [1.54, 1.807) is 24.3 Å². The lowest BCUT2D eigenvalue weighted by molar-refractivity contribution is -0.274. The van der Waals surface area contributed by atoms with Crippen LogP contribution in [0, 0.1) is 0 Å². The molecule has 0 spiro atoms. The van der Waals surface area contributed by atoms with E-state index in [-0.39, 0.29) is 16.0 Å². The Hall–Kier alpha value is -2.48. The molecular weight excluding hydrogens is 417 g/mol. The SMILES string of the molecule is O=C(O)c1cc2ccc(CCc3ccc(OC(F)(F)F)c(Br)c3)cc2o1. The number of hydrogen-bond acceptors (Lipinski definition) is 3. The Labute approximate surface area is 154 Å². The lowest BCUT2D eigenvalue weighted by Gasteiger charge is -2.11. The number of hydrogen-bond donors (Lipinski definition) is 1. The van der Waals surface area contributed by atoms with Crippen molar-refractivity contribution in [3.63, 3.8) is 0 Å². The summed E-state index contributed by atoms with van der Waals surface area (Å²) in [6, 6.07) is 11.3. The summed E-state index contributed by atoms with van der Waals surface area (Å²) in [5.74, 6) is -1.55. The highest BCUT2D eigenvalue weighted by atomic mass is 79.9. The van der Waals surface area contributed by atoms with Gasteiger partial charge in [0.05, 0.1) is 4.47 Å². The van der Waals surface area contributed by atoms with E-state index in [4.69, 9.17) is 9.52 Å². The van der Waals surface area contributed by atoms with Crippen molar-refractivity contribution in [3.05, 3.63) is 63.8 Å². The summed E-state index contributed by atoms with van der Waals surface area (Å²) >= 11 is 3.08. The summed E-state index contributed by atoms with van der Waals surface area (Å²) in [7, 11) is 0. The van der Waals surface area contributed by atoms with E-state index >= 15 is 0 Å². The van der Waals surface area contributed by atoms with Gasteiger partial charge in [0.1, 0.15) is 11.3 Å². The van der Waals surface area contributed by atoms with Gasteiger partial charge in [-0.1, -0.05) is 18.2 Å². The number of ether oxygens (including phenoxy) is 1. The van der Waals surface area contributed by atoms with Gasteiger partial charge in [-0.05, 0) is 64.2 Å². The number of benzene rings is 2. The number of furan rings is 1. The molecule has 0 aliphatic heterocycles. The zero-order valence-electron chi connectivity index (χ0n) is 13.1. The number of halogens is 4. The summed E-state index contributed by atoms with van der Waals surface area (Å²) < 4.78 is 46.3. The number of rotatable bonds is 5. The Balaban J connectivity index is 1.71. The maximum absolute atomic E-state index is 12.3. The van der Waals surface area contributed by atoms with Crippen LogP contribution < -0.4 is 4.74 Å². The minimum absolute atomic E-state index is 0.124. The van der Waals surface area contributed by atoms with Crippen LogP contribution in [0.1, 0.15) is 21.7 Å². The highest BCUT2D eigenvalue weighted by Crippen LogP contribution is 2.31. The smallest absolute Gasteiger partial charge is 0.475 e. The molecule has 1 N–H and O–H groups in total. The molecule has 26 heavy (non-hydrogen) atoms. The molecule has 0 bridgehead atoms. The molecule has 136 valence electrons. The molecule has 0 aliphatic rings. The van der Waals surface area contributed by atoms with E-state index in [0.29, 0.717) is 23.8 Å². The van der Waals surface area contributed by atoms with Crippen molar-refractivity contribution < 1.29 is 32.2 Å². The number of aromatic carboxylic acids is 1. The second kappa shape index (κ2) is 7.03. The van der Waals surface area contributed by atoms with E-state index in [9.17, 15) is 18.0 Å². The number of carboxylic acids is 1. The Bertz CT molecular complexity index is 963. The van der Waals surface area contributed by atoms with Crippen LogP contribution in [-0.4, -0.2) is 17.4 Å². The van der Waals surface area contributed by atoms with Gasteiger partial charge in [0, 0.05) is 5.39 Å². The van der Waals surface area contributed by atoms with Crippen LogP contribution >= 0.6 is 15.9 Å². The normalized spacial score (nSPS) is 11.7. The summed E-state index contributed by atoms with van der Waals surface area (Å²) in [6.07, 6.45) is -3.54. The number of carboxylic acid groups (broad SMARTS) is 1. The molecule has 4 nitrogen and oxygen atoms in total. The lowest BCUT2D eigenvalue weighted by Crippen LogP contribution is -2.17. The first-order valence-corrected chi connectivity index (χ1v) is 8.30. The second-order valence-corrected chi connectivity index (χ2v) is 6.45. The Kier molecular flexibility index (Phi) is 4.95. The highest BCUT2D eigenvalue weighted by molar-refractivity contribution is 9.10. The predicted octanol–water partition coefficient (Wildman–Crippen LogP) is 5.58. The van der Waals surface area contributed by atoms with Crippen LogP contribution in [-0.2, 0) is 12.8 Å². The third-order valence-corrected chi connectivity index (χ3v) is 4.34. The number of fused-ring (bicyclic) bond motifs is 1. The van der Waals surface area contributed by atoms with Crippen molar-refractivity contribution in [2.45, 2.75) is 19.2 Å². The van der Waals surface area contributed by atoms with Crippen molar-refractivity contribution in [3.8, 4) is 5.75 Å². The zero-order chi connectivity index (χ0) is 18.9. The summed E-state index contributed by atoms with van der Waals surface area (Å²) in [5.41, 5.74) is 2.24. The number of alkyl halides is 3. The van der Waals surface area contributed by atoms with Gasteiger partial charge in [0.25, 0.3) is 0 Å². The predicted molar refractivity (Wildman–Crippen MR) is 91.4 cm³/mol. The minimum Gasteiger partial charge on any atom is -0.475 e. The third-order valence-electron chi connectivity index (χ3n) is 3.72. The largest absolute Gasteiger partial charge is 0.573 e. The van der Waals surface area contributed by atoms with Crippen LogP contribution in [0.2, 0.25) is 0 Å². The van der Waals surface area contributed by atoms with E-state index in [1.165, 1.54) is 12.1 Å². The Morgan fingerprint density at radius 3 is 2.35 bits per heavy atom. The highest BCUT2D eigenvalue weighted by Gasteiger charge is 2.31. The van der Waals surface area contributed by atoms with Crippen molar-refractivity contribution in [2.24, 2.45) is 0 Å². The van der Waals surface area contributed by atoms with Crippen molar-refractivity contribution >= 4 is 32.9 Å². The maximum atomic E-state index is 12.3. The molecule has 3 aromatic rings. The molecule has 0 aliphatic carbocycles. The Morgan fingerprint density at radius 2 is 1.73 bits per heavy atom. The van der Waals surface area contributed by atoms with Gasteiger partial charge in [-0.2, -0.15) is 0 Å². The second-order valence-electron chi connectivity index (χ2n) is 5.60. The van der Waals surface area contributed by atoms with Crippen LogP contribution in [0.3, 0.4) is 0 Å². The molecular formula is C18H12BrF3O4. The van der Waals surface area contributed by atoms with Gasteiger partial charge in [0.2, 0.25) is 5.76 Å². The monoisotopic (exact) mass is 428 g/mol. The lowest BCUT2D eigenvalue weighted by atomic mass is 10.0. The van der Waals surface area contributed by atoms with Crippen molar-refractivity contribution in [1.29, 1.82) is 0 Å². The molecule has 0 atom stereocenters. The van der Waals surface area contributed by atoms with Crippen LogP contribution in [0.4, 0.5) is 13.2 Å². The van der Waals surface area contributed by atoms with Gasteiger partial charge in [-0.15, -0.1) is 13.2 Å². The van der Waals surface area contributed by atoms with Crippen molar-refractivity contribution in [1.82, 2.24) is 0 Å². The minimum atomic E-state index is -4.74. The first-order valence-electron chi connectivity index (χ1n) is 7.51. The topological polar surface area (TPSA) is 59.7 Å². The summed E-state index contributed by atoms with van der Waals surface area (Å²) in [5, 5.41) is 9.64. The molecule has 2 aromatic carbocycles. The molecule has 8 heteroatoms. The molecule has 1 aromatic heterocycles. The first-order chi connectivity index (χ1) is 12.2. The maximum Gasteiger partial charge on any atom is 0.573 e.